The second-order valence-corrected chi connectivity index (χ2v) is 7.18. The lowest BCUT2D eigenvalue weighted by atomic mass is 10.1. The molecule has 0 atom stereocenters. The number of pyridine rings is 1. The highest BCUT2D eigenvalue weighted by atomic mass is 16.2. The Morgan fingerprint density at radius 3 is 2.37 bits per heavy atom. The van der Waals surface area contributed by atoms with Gasteiger partial charge in [-0.15, -0.1) is 0 Å². The minimum atomic E-state index is -0.493. The maximum Gasteiger partial charge on any atom is 0.272 e. The molecule has 0 spiro atoms. The highest BCUT2D eigenvalue weighted by Crippen LogP contribution is 2.24. The maximum atomic E-state index is 12.6. The van der Waals surface area contributed by atoms with Crippen LogP contribution in [0.15, 0.2) is 54.9 Å². The Hall–Kier alpha value is -3.48. The molecule has 2 heterocycles. The van der Waals surface area contributed by atoms with Crippen molar-refractivity contribution in [2.75, 3.05) is 0 Å². The molecule has 0 aliphatic heterocycles. The van der Waals surface area contributed by atoms with Crippen LogP contribution in [0.2, 0.25) is 0 Å². The molecule has 27 heavy (non-hydrogen) atoms. The molecule has 0 saturated carbocycles. The highest BCUT2D eigenvalue weighted by molar-refractivity contribution is 5.95. The van der Waals surface area contributed by atoms with Crippen molar-refractivity contribution in [1.82, 2.24) is 20.1 Å². The van der Waals surface area contributed by atoms with E-state index in [1.54, 1.807) is 53.5 Å². The number of carbonyl (C=O) groups excluding carboxylic acids is 2. The summed E-state index contributed by atoms with van der Waals surface area (Å²) >= 11 is 0. The van der Waals surface area contributed by atoms with Crippen LogP contribution in [-0.4, -0.2) is 32.1 Å². The quantitative estimate of drug-likeness (QED) is 0.743. The Labute approximate surface area is 157 Å². The van der Waals surface area contributed by atoms with E-state index in [0.29, 0.717) is 17.0 Å². The van der Waals surface area contributed by atoms with Crippen molar-refractivity contribution in [2.24, 2.45) is 5.73 Å². The van der Waals surface area contributed by atoms with E-state index >= 15 is 0 Å². The SMILES string of the molecule is CC(C)(C)NC(=O)c1cc(-c2ccc(C(N)=O)cc2)n(-c2cccnc2)n1. The van der Waals surface area contributed by atoms with Gasteiger partial charge in [-0.2, -0.15) is 5.10 Å². The van der Waals surface area contributed by atoms with Gasteiger partial charge in [-0.1, -0.05) is 12.1 Å². The smallest absolute Gasteiger partial charge is 0.272 e. The fraction of sp³-hybridized carbons (Fsp3) is 0.200. The van der Waals surface area contributed by atoms with Gasteiger partial charge < -0.3 is 11.1 Å². The zero-order valence-corrected chi connectivity index (χ0v) is 15.4. The maximum absolute atomic E-state index is 12.6. The lowest BCUT2D eigenvalue weighted by molar-refractivity contribution is 0.0913. The van der Waals surface area contributed by atoms with Crippen LogP contribution in [0.3, 0.4) is 0 Å². The fourth-order valence-electron chi connectivity index (χ4n) is 2.58. The average molecular weight is 363 g/mol. The molecule has 1 aromatic carbocycles. The highest BCUT2D eigenvalue weighted by Gasteiger charge is 2.21. The molecule has 0 radical (unpaired) electrons. The van der Waals surface area contributed by atoms with Crippen molar-refractivity contribution in [3.8, 4) is 16.9 Å². The predicted molar refractivity (Wildman–Crippen MR) is 103 cm³/mol. The van der Waals surface area contributed by atoms with Crippen molar-refractivity contribution in [3.63, 3.8) is 0 Å². The zero-order valence-electron chi connectivity index (χ0n) is 15.4. The van der Waals surface area contributed by atoms with E-state index in [4.69, 9.17) is 5.73 Å². The first kappa shape index (κ1) is 18.3. The van der Waals surface area contributed by atoms with E-state index in [9.17, 15) is 9.59 Å². The first-order valence-corrected chi connectivity index (χ1v) is 8.48. The number of primary amides is 1. The number of nitrogens with two attached hydrogens (primary N) is 1. The van der Waals surface area contributed by atoms with Crippen LogP contribution >= 0.6 is 0 Å². The monoisotopic (exact) mass is 363 g/mol. The molecular weight excluding hydrogens is 342 g/mol. The number of nitrogens with zero attached hydrogens (tertiary/aromatic N) is 3. The predicted octanol–water partition coefficient (Wildman–Crippen LogP) is 2.56. The number of nitrogens with one attached hydrogen (secondary N) is 1. The topological polar surface area (TPSA) is 103 Å². The Balaban J connectivity index is 2.08. The Morgan fingerprint density at radius 2 is 1.81 bits per heavy atom. The molecule has 3 N–H and O–H groups in total. The third-order valence-electron chi connectivity index (χ3n) is 3.79. The van der Waals surface area contributed by atoms with Crippen LogP contribution in [0.25, 0.3) is 16.9 Å². The summed E-state index contributed by atoms with van der Waals surface area (Å²) in [7, 11) is 0. The van der Waals surface area contributed by atoms with Crippen LogP contribution in [0.4, 0.5) is 0 Å². The largest absolute Gasteiger partial charge is 0.366 e. The molecule has 7 nitrogen and oxygen atoms in total. The van der Waals surface area contributed by atoms with Gasteiger partial charge in [0.1, 0.15) is 0 Å². The average Bonchev–Trinajstić information content (AvgIpc) is 3.07. The van der Waals surface area contributed by atoms with Crippen molar-refractivity contribution in [2.45, 2.75) is 26.3 Å². The number of rotatable bonds is 4. The van der Waals surface area contributed by atoms with E-state index in [1.807, 2.05) is 26.8 Å². The standard InChI is InChI=1S/C20H21N5O2/c1-20(2,3)23-19(27)16-11-17(13-6-8-14(9-7-13)18(21)26)25(24-16)15-5-4-10-22-12-15/h4-12H,1-3H3,(H2,21,26)(H,23,27). The van der Waals surface area contributed by atoms with Gasteiger partial charge in [0, 0.05) is 22.9 Å². The molecule has 0 bridgehead atoms. The molecule has 2 amide bonds. The third kappa shape index (κ3) is 4.20. The van der Waals surface area contributed by atoms with Gasteiger partial charge in [0.2, 0.25) is 5.91 Å². The Morgan fingerprint density at radius 1 is 1.11 bits per heavy atom. The third-order valence-corrected chi connectivity index (χ3v) is 3.79. The number of carbonyl (C=O) groups is 2. The first-order valence-electron chi connectivity index (χ1n) is 8.48. The second-order valence-electron chi connectivity index (χ2n) is 7.18. The molecule has 3 aromatic rings. The number of amides is 2. The van der Waals surface area contributed by atoms with Crippen molar-refractivity contribution >= 4 is 11.8 Å². The number of benzene rings is 1. The summed E-state index contributed by atoms with van der Waals surface area (Å²) in [6.45, 7) is 5.73. The summed E-state index contributed by atoms with van der Waals surface area (Å²) in [6, 6.07) is 12.2. The lowest BCUT2D eigenvalue weighted by Crippen LogP contribution is -2.40. The molecule has 0 aliphatic carbocycles. The van der Waals surface area contributed by atoms with E-state index in [0.717, 1.165) is 11.3 Å². The molecule has 0 saturated heterocycles. The summed E-state index contributed by atoms with van der Waals surface area (Å²) < 4.78 is 1.66. The molecule has 3 rings (SSSR count). The van der Waals surface area contributed by atoms with Crippen LogP contribution < -0.4 is 11.1 Å². The Kier molecular flexibility index (Phi) is 4.77. The van der Waals surface area contributed by atoms with Crippen molar-refractivity contribution in [1.29, 1.82) is 0 Å². The molecule has 2 aromatic heterocycles. The summed E-state index contributed by atoms with van der Waals surface area (Å²) in [5.74, 6) is -0.757. The van der Waals surface area contributed by atoms with E-state index in [1.165, 1.54) is 0 Å². The summed E-state index contributed by atoms with van der Waals surface area (Å²) in [6.07, 6.45) is 3.33. The van der Waals surface area contributed by atoms with Gasteiger partial charge in [0.15, 0.2) is 5.69 Å². The summed E-state index contributed by atoms with van der Waals surface area (Å²) in [5, 5.41) is 7.38. The van der Waals surface area contributed by atoms with Crippen LogP contribution in [-0.2, 0) is 0 Å². The van der Waals surface area contributed by atoms with Gasteiger partial charge in [0.25, 0.3) is 5.91 Å². The Bertz CT molecular complexity index is 970. The second kappa shape index (κ2) is 7.03. The molecule has 0 aliphatic rings. The van der Waals surface area contributed by atoms with Crippen LogP contribution in [0.5, 0.6) is 0 Å². The molecule has 0 unspecified atom stereocenters. The van der Waals surface area contributed by atoms with Gasteiger partial charge in [-0.25, -0.2) is 4.68 Å². The van der Waals surface area contributed by atoms with Gasteiger partial charge in [-0.05, 0) is 51.1 Å². The van der Waals surface area contributed by atoms with Crippen molar-refractivity contribution < 1.29 is 9.59 Å². The first-order chi connectivity index (χ1) is 12.7. The molecule has 7 heteroatoms. The van der Waals surface area contributed by atoms with E-state index in [-0.39, 0.29) is 11.4 Å². The zero-order chi connectivity index (χ0) is 19.6. The molecule has 138 valence electrons. The minimum absolute atomic E-state index is 0.264. The van der Waals surface area contributed by atoms with Crippen LogP contribution in [0, 0.1) is 0 Å². The van der Waals surface area contributed by atoms with Gasteiger partial charge in [-0.3, -0.25) is 14.6 Å². The molecule has 0 fully saturated rings. The van der Waals surface area contributed by atoms with Gasteiger partial charge >= 0.3 is 0 Å². The number of hydrogen-bond acceptors (Lipinski definition) is 4. The lowest BCUT2D eigenvalue weighted by Gasteiger charge is -2.19. The summed E-state index contributed by atoms with van der Waals surface area (Å²) in [5.41, 5.74) is 7.87. The molecular formula is C20H21N5O2. The normalized spacial score (nSPS) is 11.2. The van der Waals surface area contributed by atoms with E-state index in [2.05, 4.69) is 15.4 Å². The minimum Gasteiger partial charge on any atom is -0.366 e. The summed E-state index contributed by atoms with van der Waals surface area (Å²) in [4.78, 5) is 28.0. The van der Waals surface area contributed by atoms with Crippen LogP contribution in [0.1, 0.15) is 41.6 Å². The van der Waals surface area contributed by atoms with E-state index < -0.39 is 5.91 Å². The number of hydrogen-bond donors (Lipinski definition) is 2. The van der Waals surface area contributed by atoms with Crippen molar-refractivity contribution in [3.05, 3.63) is 66.1 Å². The fourth-order valence-corrected chi connectivity index (χ4v) is 2.58. The van der Waals surface area contributed by atoms with Gasteiger partial charge in [0.05, 0.1) is 17.6 Å². The number of aromatic nitrogens is 3.